The van der Waals surface area contributed by atoms with Crippen molar-refractivity contribution in [3.63, 3.8) is 0 Å². The van der Waals surface area contributed by atoms with Gasteiger partial charge in [-0.1, -0.05) is 12.1 Å². The fourth-order valence-corrected chi connectivity index (χ4v) is 3.75. The summed E-state index contributed by atoms with van der Waals surface area (Å²) in [5.74, 6) is 0.0363. The molecule has 2 aromatic carbocycles. The van der Waals surface area contributed by atoms with E-state index in [4.69, 9.17) is 4.74 Å². The number of anilines is 2. The van der Waals surface area contributed by atoms with Gasteiger partial charge in [-0.2, -0.15) is 0 Å². The van der Waals surface area contributed by atoms with E-state index in [2.05, 4.69) is 22.2 Å². The molecule has 2 amide bonds. The monoisotopic (exact) mass is 406 g/mol. The Bertz CT molecular complexity index is 975. The molecular weight excluding hydrogens is 380 g/mol. The van der Waals surface area contributed by atoms with E-state index < -0.39 is 0 Å². The van der Waals surface area contributed by atoms with Crippen LogP contribution in [0.5, 0.6) is 5.75 Å². The summed E-state index contributed by atoms with van der Waals surface area (Å²) in [5, 5.41) is 3.18. The number of amides is 2. The number of methoxy groups -OCH3 is 1. The summed E-state index contributed by atoms with van der Waals surface area (Å²) in [4.78, 5) is 31.3. The second-order valence-corrected chi connectivity index (χ2v) is 7.61. The van der Waals surface area contributed by atoms with Gasteiger partial charge in [-0.15, -0.1) is 0 Å². The van der Waals surface area contributed by atoms with Crippen LogP contribution in [0.25, 0.3) is 5.57 Å². The Labute approximate surface area is 176 Å². The SMILES string of the molecule is COc1ccc(C2=C(Nc3ccc(N4CCN(C)CC4)cc3)C(=O)N(C)C2=O)cc1. The number of imide groups is 1. The molecule has 2 aliphatic heterocycles. The predicted molar refractivity (Wildman–Crippen MR) is 117 cm³/mol. The van der Waals surface area contributed by atoms with Crippen LogP contribution in [-0.2, 0) is 9.59 Å². The van der Waals surface area contributed by atoms with Crippen LogP contribution in [0.4, 0.5) is 11.4 Å². The van der Waals surface area contributed by atoms with Crippen LogP contribution >= 0.6 is 0 Å². The number of nitrogens with one attached hydrogen (secondary N) is 1. The lowest BCUT2D eigenvalue weighted by molar-refractivity contribution is -0.135. The van der Waals surface area contributed by atoms with Gasteiger partial charge in [-0.05, 0) is 49.0 Å². The number of carbonyl (C=O) groups is 2. The highest BCUT2D eigenvalue weighted by Crippen LogP contribution is 2.31. The fraction of sp³-hybridized carbons (Fsp3) is 0.304. The van der Waals surface area contributed by atoms with Crippen molar-refractivity contribution in [2.75, 3.05) is 57.6 Å². The minimum absolute atomic E-state index is 0.292. The lowest BCUT2D eigenvalue weighted by Crippen LogP contribution is -2.44. The van der Waals surface area contributed by atoms with Gasteiger partial charge in [0.05, 0.1) is 12.7 Å². The molecule has 2 heterocycles. The number of nitrogens with zero attached hydrogens (tertiary/aromatic N) is 3. The number of hydrogen-bond acceptors (Lipinski definition) is 6. The van der Waals surface area contributed by atoms with E-state index in [9.17, 15) is 9.59 Å². The van der Waals surface area contributed by atoms with Crippen molar-refractivity contribution in [3.05, 3.63) is 59.8 Å². The van der Waals surface area contributed by atoms with Gasteiger partial charge >= 0.3 is 0 Å². The molecule has 7 nitrogen and oxygen atoms in total. The molecule has 0 unspecified atom stereocenters. The first kappa shape index (κ1) is 20.0. The molecule has 7 heteroatoms. The fourth-order valence-electron chi connectivity index (χ4n) is 3.75. The summed E-state index contributed by atoms with van der Waals surface area (Å²) in [6, 6.07) is 15.1. The van der Waals surface area contributed by atoms with E-state index in [1.54, 1.807) is 31.4 Å². The van der Waals surface area contributed by atoms with Gasteiger partial charge in [-0.3, -0.25) is 14.5 Å². The van der Waals surface area contributed by atoms with Crippen LogP contribution < -0.4 is 15.0 Å². The highest BCUT2D eigenvalue weighted by atomic mass is 16.5. The largest absolute Gasteiger partial charge is 0.497 e. The van der Waals surface area contributed by atoms with Crippen molar-refractivity contribution in [1.29, 1.82) is 0 Å². The maximum atomic E-state index is 12.7. The van der Waals surface area contributed by atoms with Gasteiger partial charge in [0.25, 0.3) is 11.8 Å². The van der Waals surface area contributed by atoms with Crippen molar-refractivity contribution in [1.82, 2.24) is 9.80 Å². The van der Waals surface area contributed by atoms with Crippen molar-refractivity contribution in [3.8, 4) is 5.75 Å². The number of carbonyl (C=O) groups excluding carboxylic acids is 2. The summed E-state index contributed by atoms with van der Waals surface area (Å²) in [6.07, 6.45) is 0. The van der Waals surface area contributed by atoms with Gasteiger partial charge in [-0.25, -0.2) is 0 Å². The highest BCUT2D eigenvalue weighted by Gasteiger charge is 2.36. The maximum Gasteiger partial charge on any atom is 0.277 e. The van der Waals surface area contributed by atoms with Gasteiger partial charge in [0.2, 0.25) is 0 Å². The molecule has 1 fully saturated rings. The molecule has 156 valence electrons. The number of likely N-dealkylation sites (N-methyl/N-ethyl adjacent to an activating group) is 2. The quantitative estimate of drug-likeness (QED) is 0.769. The topological polar surface area (TPSA) is 65.1 Å². The summed E-state index contributed by atoms with van der Waals surface area (Å²) in [7, 11) is 5.22. The number of hydrogen-bond donors (Lipinski definition) is 1. The Morgan fingerprint density at radius 1 is 0.833 bits per heavy atom. The smallest absolute Gasteiger partial charge is 0.277 e. The van der Waals surface area contributed by atoms with Crippen LogP contribution in [0.15, 0.2) is 54.2 Å². The summed E-state index contributed by atoms with van der Waals surface area (Å²) in [6.45, 7) is 4.07. The molecule has 0 spiro atoms. The van der Waals surface area contributed by atoms with Gasteiger partial charge < -0.3 is 19.9 Å². The van der Waals surface area contributed by atoms with E-state index in [-0.39, 0.29) is 11.8 Å². The normalized spacial score (nSPS) is 17.7. The molecule has 4 rings (SSSR count). The molecule has 0 atom stereocenters. The zero-order valence-corrected chi connectivity index (χ0v) is 17.5. The molecule has 0 aromatic heterocycles. The van der Waals surface area contributed by atoms with Crippen molar-refractivity contribution in [2.45, 2.75) is 0 Å². The van der Waals surface area contributed by atoms with E-state index in [1.165, 1.54) is 7.05 Å². The van der Waals surface area contributed by atoms with Crippen molar-refractivity contribution < 1.29 is 14.3 Å². The Hall–Kier alpha value is -3.32. The van der Waals surface area contributed by atoms with E-state index >= 15 is 0 Å². The molecular formula is C23H26N4O3. The molecule has 0 bridgehead atoms. The average Bonchev–Trinajstić information content (AvgIpc) is 2.98. The maximum absolute atomic E-state index is 12.7. The zero-order chi connectivity index (χ0) is 21.3. The molecule has 30 heavy (non-hydrogen) atoms. The third-order valence-electron chi connectivity index (χ3n) is 5.67. The zero-order valence-electron chi connectivity index (χ0n) is 17.5. The summed E-state index contributed by atoms with van der Waals surface area (Å²) < 4.78 is 5.19. The molecule has 0 aliphatic carbocycles. The van der Waals surface area contributed by atoms with Crippen LogP contribution in [0.2, 0.25) is 0 Å². The van der Waals surface area contributed by atoms with E-state index in [0.29, 0.717) is 22.6 Å². The van der Waals surface area contributed by atoms with E-state index in [1.807, 2.05) is 24.3 Å². The number of piperazine rings is 1. The first-order chi connectivity index (χ1) is 14.5. The standard InChI is InChI=1S/C23H26N4O3/c1-25-12-14-27(15-13-25)18-8-6-17(7-9-18)24-21-20(22(28)26(2)23(21)29)16-4-10-19(30-3)11-5-16/h4-11,24H,12-15H2,1-3H3. The summed E-state index contributed by atoms with van der Waals surface area (Å²) in [5.41, 5.74) is 3.26. The molecule has 1 N–H and O–H groups in total. The number of ether oxygens (including phenoxy) is 1. The molecule has 2 aromatic rings. The minimum Gasteiger partial charge on any atom is -0.497 e. The Morgan fingerprint density at radius 2 is 1.47 bits per heavy atom. The first-order valence-corrected chi connectivity index (χ1v) is 9.99. The third-order valence-corrected chi connectivity index (χ3v) is 5.67. The first-order valence-electron chi connectivity index (χ1n) is 9.99. The van der Waals surface area contributed by atoms with E-state index in [0.717, 1.165) is 42.5 Å². The second-order valence-electron chi connectivity index (χ2n) is 7.61. The van der Waals surface area contributed by atoms with Crippen LogP contribution in [0, 0.1) is 0 Å². The Morgan fingerprint density at radius 3 is 2.07 bits per heavy atom. The summed E-state index contributed by atoms with van der Waals surface area (Å²) >= 11 is 0. The second kappa shape index (κ2) is 8.20. The molecule has 0 saturated carbocycles. The minimum atomic E-state index is -0.339. The average molecular weight is 406 g/mol. The Balaban J connectivity index is 1.59. The molecule has 2 aliphatic rings. The Kier molecular flexibility index (Phi) is 5.46. The van der Waals surface area contributed by atoms with Crippen LogP contribution in [0.3, 0.4) is 0 Å². The molecule has 1 saturated heterocycles. The van der Waals surface area contributed by atoms with Crippen LogP contribution in [0.1, 0.15) is 5.56 Å². The van der Waals surface area contributed by atoms with Crippen LogP contribution in [-0.4, -0.2) is 69.0 Å². The van der Waals surface area contributed by atoms with Gasteiger partial charge in [0.15, 0.2) is 0 Å². The van der Waals surface area contributed by atoms with Gasteiger partial charge in [0, 0.05) is 44.6 Å². The predicted octanol–water partition coefficient (Wildman–Crippen LogP) is 2.27. The highest BCUT2D eigenvalue weighted by molar-refractivity contribution is 6.36. The molecule has 0 radical (unpaired) electrons. The van der Waals surface area contributed by atoms with Crippen molar-refractivity contribution >= 4 is 28.8 Å². The lowest BCUT2D eigenvalue weighted by Gasteiger charge is -2.34. The number of benzene rings is 2. The lowest BCUT2D eigenvalue weighted by atomic mass is 10.0. The van der Waals surface area contributed by atoms with Crippen molar-refractivity contribution in [2.24, 2.45) is 0 Å². The van der Waals surface area contributed by atoms with Gasteiger partial charge in [0.1, 0.15) is 11.4 Å². The third kappa shape index (κ3) is 3.76. The number of rotatable bonds is 5.